The lowest BCUT2D eigenvalue weighted by atomic mass is 9.93. The summed E-state index contributed by atoms with van der Waals surface area (Å²) >= 11 is 0. The first-order valence-corrected chi connectivity index (χ1v) is 6.96. The number of nitrogens with zero attached hydrogens (tertiary/aromatic N) is 1. The number of piperidine rings is 1. The van der Waals surface area contributed by atoms with Crippen LogP contribution in [0.25, 0.3) is 0 Å². The average molecular weight is 301 g/mol. The van der Waals surface area contributed by atoms with Crippen molar-refractivity contribution < 1.29 is 22.7 Å². The molecule has 6 heteroatoms. The summed E-state index contributed by atoms with van der Waals surface area (Å²) in [6.07, 6.45) is -4.59. The van der Waals surface area contributed by atoms with Gasteiger partial charge in [-0.2, -0.15) is 13.2 Å². The molecule has 1 aromatic rings. The van der Waals surface area contributed by atoms with Crippen molar-refractivity contribution in [3.8, 4) is 0 Å². The average Bonchev–Trinajstić information content (AvgIpc) is 2.45. The van der Waals surface area contributed by atoms with Gasteiger partial charge in [0.05, 0.1) is 0 Å². The van der Waals surface area contributed by atoms with E-state index in [2.05, 4.69) is 0 Å². The van der Waals surface area contributed by atoms with Crippen molar-refractivity contribution in [3.63, 3.8) is 0 Å². The Morgan fingerprint density at radius 3 is 2.38 bits per heavy atom. The van der Waals surface area contributed by atoms with E-state index in [1.54, 1.807) is 0 Å². The third-order valence-electron chi connectivity index (χ3n) is 3.60. The maximum Gasteiger partial charge on any atom is 0.410 e. The predicted octanol–water partition coefficient (Wildman–Crippen LogP) is 3.99. The molecule has 0 N–H and O–H groups in total. The summed E-state index contributed by atoms with van der Waals surface area (Å²) in [6, 6.07) is 9.28. The number of carbonyl (C=O) groups is 1. The van der Waals surface area contributed by atoms with Crippen LogP contribution in [0.5, 0.6) is 0 Å². The minimum absolute atomic E-state index is 0.183. The van der Waals surface area contributed by atoms with Crippen molar-refractivity contribution in [2.75, 3.05) is 13.1 Å². The standard InChI is InChI=1S/C15H18F3NO2/c16-15(17,18)10-12-6-8-19(9-7-12)14(20)21-11-13-4-2-1-3-5-13/h1-5,12H,6-11H2. The second-order valence-electron chi connectivity index (χ2n) is 5.29. The number of benzene rings is 1. The summed E-state index contributed by atoms with van der Waals surface area (Å²) in [5.74, 6) is -0.386. The van der Waals surface area contributed by atoms with E-state index in [-0.39, 0.29) is 12.5 Å². The summed E-state index contributed by atoms with van der Waals surface area (Å²) in [6.45, 7) is 0.838. The van der Waals surface area contributed by atoms with Gasteiger partial charge >= 0.3 is 12.3 Å². The monoisotopic (exact) mass is 301 g/mol. The van der Waals surface area contributed by atoms with Crippen LogP contribution in [-0.4, -0.2) is 30.3 Å². The highest BCUT2D eigenvalue weighted by Gasteiger charge is 2.34. The Labute approximate surface area is 121 Å². The first-order chi connectivity index (χ1) is 9.94. The normalized spacial score (nSPS) is 16.8. The quantitative estimate of drug-likeness (QED) is 0.845. The van der Waals surface area contributed by atoms with E-state index >= 15 is 0 Å². The van der Waals surface area contributed by atoms with Gasteiger partial charge in [0.15, 0.2) is 0 Å². The van der Waals surface area contributed by atoms with Crippen molar-refractivity contribution in [2.24, 2.45) is 5.92 Å². The fourth-order valence-corrected chi connectivity index (χ4v) is 2.46. The number of carbonyl (C=O) groups excluding carboxylic acids is 1. The molecule has 1 heterocycles. The third kappa shape index (κ3) is 5.28. The van der Waals surface area contributed by atoms with Gasteiger partial charge in [-0.3, -0.25) is 0 Å². The SMILES string of the molecule is O=C(OCc1ccccc1)N1CCC(CC(F)(F)F)CC1. The molecule has 0 saturated carbocycles. The Hall–Kier alpha value is -1.72. The van der Waals surface area contributed by atoms with Crippen LogP contribution in [-0.2, 0) is 11.3 Å². The van der Waals surface area contributed by atoms with Gasteiger partial charge < -0.3 is 9.64 Å². The summed E-state index contributed by atoms with van der Waals surface area (Å²) < 4.78 is 42.1. The number of hydrogen-bond donors (Lipinski definition) is 0. The van der Waals surface area contributed by atoms with Gasteiger partial charge in [-0.05, 0) is 24.3 Å². The van der Waals surface area contributed by atoms with E-state index in [1.807, 2.05) is 30.3 Å². The van der Waals surface area contributed by atoms with Crippen LogP contribution in [0.2, 0.25) is 0 Å². The van der Waals surface area contributed by atoms with Crippen LogP contribution < -0.4 is 0 Å². The van der Waals surface area contributed by atoms with Crippen molar-refractivity contribution in [1.29, 1.82) is 0 Å². The Balaban J connectivity index is 1.73. The Morgan fingerprint density at radius 2 is 1.81 bits per heavy atom. The molecule has 1 aliphatic heterocycles. The molecule has 1 fully saturated rings. The van der Waals surface area contributed by atoms with Gasteiger partial charge in [-0.15, -0.1) is 0 Å². The molecule has 2 rings (SSSR count). The predicted molar refractivity (Wildman–Crippen MR) is 71.6 cm³/mol. The molecule has 0 aromatic heterocycles. The van der Waals surface area contributed by atoms with Gasteiger partial charge in [-0.25, -0.2) is 4.79 Å². The van der Waals surface area contributed by atoms with E-state index in [0.29, 0.717) is 25.9 Å². The van der Waals surface area contributed by atoms with E-state index in [4.69, 9.17) is 4.74 Å². The first-order valence-electron chi connectivity index (χ1n) is 6.96. The number of halogens is 3. The Kier molecular flexibility index (Phi) is 5.09. The van der Waals surface area contributed by atoms with Gasteiger partial charge in [0.1, 0.15) is 6.61 Å². The molecular formula is C15H18F3NO2. The van der Waals surface area contributed by atoms with Crippen LogP contribution in [0.1, 0.15) is 24.8 Å². The topological polar surface area (TPSA) is 29.5 Å². The molecule has 21 heavy (non-hydrogen) atoms. The molecule has 0 radical (unpaired) electrons. The smallest absolute Gasteiger partial charge is 0.410 e. The number of amides is 1. The van der Waals surface area contributed by atoms with Gasteiger partial charge in [0.25, 0.3) is 0 Å². The molecular weight excluding hydrogens is 283 g/mol. The summed E-state index contributed by atoms with van der Waals surface area (Å²) in [7, 11) is 0. The lowest BCUT2D eigenvalue weighted by Crippen LogP contribution is -2.39. The minimum atomic E-state index is -4.12. The molecule has 0 atom stereocenters. The van der Waals surface area contributed by atoms with Crippen LogP contribution in [0, 0.1) is 5.92 Å². The second kappa shape index (κ2) is 6.83. The fourth-order valence-electron chi connectivity index (χ4n) is 2.46. The molecule has 116 valence electrons. The number of hydrogen-bond acceptors (Lipinski definition) is 2. The number of ether oxygens (including phenoxy) is 1. The molecule has 0 aliphatic carbocycles. The largest absolute Gasteiger partial charge is 0.445 e. The molecule has 1 aromatic carbocycles. The van der Waals surface area contributed by atoms with Crippen LogP contribution >= 0.6 is 0 Å². The number of rotatable bonds is 3. The third-order valence-corrected chi connectivity index (χ3v) is 3.60. The Morgan fingerprint density at radius 1 is 1.19 bits per heavy atom. The van der Waals surface area contributed by atoms with Gasteiger partial charge in [0.2, 0.25) is 0 Å². The number of likely N-dealkylation sites (tertiary alicyclic amines) is 1. The van der Waals surface area contributed by atoms with E-state index < -0.39 is 18.7 Å². The van der Waals surface area contributed by atoms with Crippen molar-refractivity contribution in [3.05, 3.63) is 35.9 Å². The summed E-state index contributed by atoms with van der Waals surface area (Å²) in [5.41, 5.74) is 0.887. The number of alkyl halides is 3. The highest BCUT2D eigenvalue weighted by molar-refractivity contribution is 5.67. The van der Waals surface area contributed by atoms with E-state index in [0.717, 1.165) is 5.56 Å². The summed E-state index contributed by atoms with van der Waals surface area (Å²) in [4.78, 5) is 13.3. The van der Waals surface area contributed by atoms with Crippen molar-refractivity contribution in [1.82, 2.24) is 4.90 Å². The highest BCUT2D eigenvalue weighted by atomic mass is 19.4. The maximum atomic E-state index is 12.3. The van der Waals surface area contributed by atoms with Crippen molar-refractivity contribution in [2.45, 2.75) is 32.0 Å². The van der Waals surface area contributed by atoms with Gasteiger partial charge in [0, 0.05) is 19.5 Å². The molecule has 0 bridgehead atoms. The maximum absolute atomic E-state index is 12.3. The molecule has 3 nitrogen and oxygen atoms in total. The molecule has 0 spiro atoms. The fraction of sp³-hybridized carbons (Fsp3) is 0.533. The minimum Gasteiger partial charge on any atom is -0.445 e. The second-order valence-corrected chi connectivity index (χ2v) is 5.29. The highest BCUT2D eigenvalue weighted by Crippen LogP contribution is 2.31. The summed E-state index contributed by atoms with van der Waals surface area (Å²) in [5, 5.41) is 0. The Bertz CT molecular complexity index is 454. The van der Waals surface area contributed by atoms with Crippen LogP contribution in [0.4, 0.5) is 18.0 Å². The van der Waals surface area contributed by atoms with Crippen LogP contribution in [0.3, 0.4) is 0 Å². The molecule has 0 unspecified atom stereocenters. The lowest BCUT2D eigenvalue weighted by Gasteiger charge is -2.31. The molecule has 1 saturated heterocycles. The van der Waals surface area contributed by atoms with Crippen molar-refractivity contribution >= 4 is 6.09 Å². The van der Waals surface area contributed by atoms with Crippen LogP contribution in [0.15, 0.2) is 30.3 Å². The van der Waals surface area contributed by atoms with E-state index in [9.17, 15) is 18.0 Å². The zero-order chi connectivity index (χ0) is 15.3. The van der Waals surface area contributed by atoms with Gasteiger partial charge in [-0.1, -0.05) is 30.3 Å². The van der Waals surface area contributed by atoms with E-state index in [1.165, 1.54) is 4.90 Å². The zero-order valence-corrected chi connectivity index (χ0v) is 11.6. The molecule has 1 amide bonds. The first kappa shape index (κ1) is 15.7. The molecule has 1 aliphatic rings. The zero-order valence-electron chi connectivity index (χ0n) is 11.6. The lowest BCUT2D eigenvalue weighted by molar-refractivity contribution is -0.147.